The summed E-state index contributed by atoms with van der Waals surface area (Å²) in [7, 11) is 0. The molecule has 1 unspecified atom stereocenters. The van der Waals surface area contributed by atoms with E-state index in [2.05, 4.69) is 17.2 Å². The predicted molar refractivity (Wildman–Crippen MR) is 103 cm³/mol. The number of carbonyl (C=O) groups excluding carboxylic acids is 4. The highest BCUT2D eigenvalue weighted by Crippen LogP contribution is 2.32. The molecule has 2 heterocycles. The van der Waals surface area contributed by atoms with Crippen LogP contribution in [0.1, 0.15) is 33.6 Å². The number of nitrogens with zero attached hydrogens (tertiary/aromatic N) is 1. The smallest absolute Gasteiger partial charge is 0.264 e. The van der Waals surface area contributed by atoms with Crippen molar-refractivity contribution >= 4 is 29.3 Å². The van der Waals surface area contributed by atoms with Crippen molar-refractivity contribution < 1.29 is 28.7 Å². The number of benzene rings is 1. The highest BCUT2D eigenvalue weighted by atomic mass is 16.5. The zero-order chi connectivity index (χ0) is 20.8. The van der Waals surface area contributed by atoms with E-state index in [0.717, 1.165) is 4.90 Å². The molecule has 0 aromatic heterocycles. The van der Waals surface area contributed by atoms with Gasteiger partial charge in [0.25, 0.3) is 11.8 Å². The second-order valence-electron chi connectivity index (χ2n) is 6.58. The largest absolute Gasteiger partial charge is 0.382 e. The molecule has 1 atom stereocenters. The third-order valence-electron chi connectivity index (χ3n) is 4.64. The van der Waals surface area contributed by atoms with Crippen molar-refractivity contribution in [2.45, 2.75) is 18.9 Å². The lowest BCUT2D eigenvalue weighted by Crippen LogP contribution is -2.54. The monoisotopic (exact) mass is 401 g/mol. The number of hydrogen-bond donors (Lipinski definition) is 2. The highest BCUT2D eigenvalue weighted by molar-refractivity contribution is 6.25. The predicted octanol–water partition coefficient (Wildman–Crippen LogP) is 0.719. The fraction of sp³-hybridized carbons (Fsp3) is 0.400. The highest BCUT2D eigenvalue weighted by Gasteiger charge is 2.45. The van der Waals surface area contributed by atoms with E-state index in [9.17, 15) is 19.2 Å². The van der Waals surface area contributed by atoms with E-state index in [1.165, 1.54) is 0 Å². The maximum atomic E-state index is 12.9. The van der Waals surface area contributed by atoms with Crippen molar-refractivity contribution in [2.24, 2.45) is 0 Å². The maximum absolute atomic E-state index is 12.9. The first-order chi connectivity index (χ1) is 14.0. The van der Waals surface area contributed by atoms with Crippen molar-refractivity contribution in [2.75, 3.05) is 38.3 Å². The minimum Gasteiger partial charge on any atom is -0.382 e. The second kappa shape index (κ2) is 9.44. The lowest BCUT2D eigenvalue weighted by Gasteiger charge is -2.27. The molecule has 0 saturated carbocycles. The van der Waals surface area contributed by atoms with E-state index in [1.54, 1.807) is 24.3 Å². The van der Waals surface area contributed by atoms with E-state index in [0.29, 0.717) is 38.7 Å². The molecule has 0 bridgehead atoms. The number of hydrogen-bond acceptors (Lipinski definition) is 7. The molecule has 3 rings (SSSR count). The van der Waals surface area contributed by atoms with Crippen LogP contribution < -0.4 is 10.6 Å². The van der Waals surface area contributed by atoms with Crippen LogP contribution >= 0.6 is 0 Å². The Labute approximate surface area is 168 Å². The van der Waals surface area contributed by atoms with Crippen LogP contribution in [0.5, 0.6) is 0 Å². The van der Waals surface area contributed by atoms with Gasteiger partial charge in [-0.25, -0.2) is 0 Å². The third kappa shape index (κ3) is 4.52. The van der Waals surface area contributed by atoms with Crippen LogP contribution in [0.3, 0.4) is 0 Å². The molecule has 9 nitrogen and oxygen atoms in total. The van der Waals surface area contributed by atoms with Crippen molar-refractivity contribution in [1.29, 1.82) is 0 Å². The number of fused-ring (bicyclic) bond motifs is 1. The van der Waals surface area contributed by atoms with E-state index < -0.39 is 29.7 Å². The molecule has 1 aromatic rings. The molecule has 2 N–H and O–H groups in total. The molecule has 154 valence electrons. The first-order valence-corrected chi connectivity index (χ1v) is 9.39. The summed E-state index contributed by atoms with van der Waals surface area (Å²) >= 11 is 0. The first-order valence-electron chi connectivity index (χ1n) is 9.39. The van der Waals surface area contributed by atoms with E-state index in [1.807, 2.05) is 0 Å². The Morgan fingerprint density at radius 1 is 1.14 bits per heavy atom. The number of anilines is 1. The summed E-state index contributed by atoms with van der Waals surface area (Å²) < 4.78 is 10.7. The standard InChI is InChI=1S/C20H23N3O6/c1-2-9-28-11-12-29-10-8-21-14-5-3-4-13-17(14)20(27)23(19(13)26)15-6-7-16(24)22-18(15)25/h2-5,15,21H,1,6-12H2,(H,22,24,25). The van der Waals surface area contributed by atoms with Crippen LogP contribution in [-0.2, 0) is 19.1 Å². The van der Waals surface area contributed by atoms with Gasteiger partial charge in [0.15, 0.2) is 0 Å². The van der Waals surface area contributed by atoms with Crippen LogP contribution in [0.2, 0.25) is 0 Å². The van der Waals surface area contributed by atoms with Crippen molar-refractivity contribution in [3.8, 4) is 0 Å². The molecule has 0 spiro atoms. The fourth-order valence-corrected chi connectivity index (χ4v) is 3.31. The van der Waals surface area contributed by atoms with Gasteiger partial charge in [-0.1, -0.05) is 12.1 Å². The van der Waals surface area contributed by atoms with Gasteiger partial charge < -0.3 is 14.8 Å². The van der Waals surface area contributed by atoms with E-state index in [-0.39, 0.29) is 24.0 Å². The Kier molecular flexibility index (Phi) is 6.73. The average molecular weight is 401 g/mol. The maximum Gasteiger partial charge on any atom is 0.264 e. The number of piperidine rings is 1. The zero-order valence-electron chi connectivity index (χ0n) is 15.9. The third-order valence-corrected chi connectivity index (χ3v) is 4.64. The summed E-state index contributed by atoms with van der Waals surface area (Å²) in [6, 6.07) is 3.95. The summed E-state index contributed by atoms with van der Waals surface area (Å²) in [5.74, 6) is -2.10. The SMILES string of the molecule is C=CCOCCOCCNc1cccc2c1C(=O)N(C1CCC(=O)NC1=O)C2=O. The molecule has 2 aliphatic heterocycles. The Morgan fingerprint density at radius 3 is 2.69 bits per heavy atom. The normalized spacial score (nSPS) is 18.6. The zero-order valence-corrected chi connectivity index (χ0v) is 15.9. The lowest BCUT2D eigenvalue weighted by molar-refractivity contribution is -0.136. The van der Waals surface area contributed by atoms with Crippen LogP contribution in [0, 0.1) is 0 Å². The number of ether oxygens (including phenoxy) is 2. The van der Waals surface area contributed by atoms with Crippen LogP contribution in [0.4, 0.5) is 5.69 Å². The van der Waals surface area contributed by atoms with Crippen molar-refractivity contribution in [3.05, 3.63) is 42.0 Å². The second-order valence-corrected chi connectivity index (χ2v) is 6.58. The Bertz CT molecular complexity index is 838. The molecule has 0 aliphatic carbocycles. The Balaban J connectivity index is 1.62. The fourth-order valence-electron chi connectivity index (χ4n) is 3.31. The molecule has 1 saturated heterocycles. The Morgan fingerprint density at radius 2 is 1.93 bits per heavy atom. The summed E-state index contributed by atoms with van der Waals surface area (Å²) in [4.78, 5) is 50.1. The number of imide groups is 2. The van der Waals surface area contributed by atoms with Gasteiger partial charge in [0.2, 0.25) is 11.8 Å². The van der Waals surface area contributed by atoms with Gasteiger partial charge in [-0.15, -0.1) is 6.58 Å². The summed E-state index contributed by atoms with van der Waals surface area (Å²) in [6.45, 7) is 5.74. The van der Waals surface area contributed by atoms with Crippen molar-refractivity contribution in [3.63, 3.8) is 0 Å². The molecule has 1 aromatic carbocycles. The van der Waals surface area contributed by atoms with Crippen LogP contribution in [0.25, 0.3) is 0 Å². The van der Waals surface area contributed by atoms with Crippen molar-refractivity contribution in [1.82, 2.24) is 10.2 Å². The van der Waals surface area contributed by atoms with Gasteiger partial charge in [0, 0.05) is 18.7 Å². The minimum atomic E-state index is -0.980. The summed E-state index contributed by atoms with van der Waals surface area (Å²) in [5.41, 5.74) is 0.974. The van der Waals surface area contributed by atoms with E-state index >= 15 is 0 Å². The number of carbonyl (C=O) groups is 4. The number of nitrogens with one attached hydrogen (secondary N) is 2. The van der Waals surface area contributed by atoms with E-state index in [4.69, 9.17) is 9.47 Å². The van der Waals surface area contributed by atoms with Gasteiger partial charge in [-0.05, 0) is 18.6 Å². The summed E-state index contributed by atoms with van der Waals surface area (Å²) in [6.07, 6.45) is 1.87. The molecule has 4 amide bonds. The van der Waals surface area contributed by atoms with Gasteiger partial charge in [-0.2, -0.15) is 0 Å². The number of amides is 4. The molecule has 29 heavy (non-hydrogen) atoms. The first kappa shape index (κ1) is 20.7. The van der Waals surface area contributed by atoms with Crippen LogP contribution in [-0.4, -0.2) is 67.5 Å². The van der Waals surface area contributed by atoms with Gasteiger partial charge in [0.1, 0.15) is 6.04 Å². The topological polar surface area (TPSA) is 114 Å². The Hall–Kier alpha value is -3.04. The number of rotatable bonds is 10. The van der Waals surface area contributed by atoms with Gasteiger partial charge in [0.05, 0.1) is 37.6 Å². The molecule has 2 aliphatic rings. The van der Waals surface area contributed by atoms with Gasteiger partial charge in [-0.3, -0.25) is 29.4 Å². The van der Waals surface area contributed by atoms with Gasteiger partial charge >= 0.3 is 0 Å². The molecule has 9 heteroatoms. The summed E-state index contributed by atoms with van der Waals surface area (Å²) in [5, 5.41) is 5.29. The average Bonchev–Trinajstić information content (AvgIpc) is 2.95. The quantitative estimate of drug-likeness (QED) is 0.337. The molecule has 1 fully saturated rings. The van der Waals surface area contributed by atoms with Crippen LogP contribution in [0.15, 0.2) is 30.9 Å². The molecular formula is C20H23N3O6. The lowest BCUT2D eigenvalue weighted by atomic mass is 10.0. The minimum absolute atomic E-state index is 0.0861. The molecule has 0 radical (unpaired) electrons. The molecular weight excluding hydrogens is 378 g/mol.